The molecule has 0 saturated heterocycles. The van der Waals surface area contributed by atoms with Crippen LogP contribution in [0.4, 0.5) is 0 Å². The van der Waals surface area contributed by atoms with Crippen LogP contribution in [0.15, 0.2) is 29.1 Å². The molecule has 6 heteroatoms. The first-order valence-electron chi connectivity index (χ1n) is 5.86. The molecule has 2 heterocycles. The summed E-state index contributed by atoms with van der Waals surface area (Å²) in [4.78, 5) is 11.6. The first-order chi connectivity index (χ1) is 9.19. The standard InChI is InChI=1S/C13H13N3O3/c1-16-12(17)5-9(6-14)13(15-16)8-2-3-10-11(4-8)19-7-18-10/h2-5H,6-7,14H2,1H3. The lowest BCUT2D eigenvalue weighted by atomic mass is 10.1. The van der Waals surface area contributed by atoms with Crippen LogP contribution in [0.5, 0.6) is 11.5 Å². The number of fused-ring (bicyclic) bond motifs is 1. The summed E-state index contributed by atoms with van der Waals surface area (Å²) in [5, 5.41) is 4.27. The first kappa shape index (κ1) is 11.7. The van der Waals surface area contributed by atoms with Crippen molar-refractivity contribution in [1.82, 2.24) is 9.78 Å². The minimum Gasteiger partial charge on any atom is -0.454 e. The fourth-order valence-electron chi connectivity index (χ4n) is 2.02. The molecular formula is C13H13N3O3. The highest BCUT2D eigenvalue weighted by atomic mass is 16.7. The van der Waals surface area contributed by atoms with E-state index in [1.165, 1.54) is 10.7 Å². The molecule has 1 aromatic heterocycles. The number of nitrogens with zero attached hydrogens (tertiary/aromatic N) is 2. The molecule has 2 N–H and O–H groups in total. The van der Waals surface area contributed by atoms with E-state index in [1.807, 2.05) is 18.2 Å². The zero-order chi connectivity index (χ0) is 13.4. The van der Waals surface area contributed by atoms with E-state index < -0.39 is 0 Å². The average molecular weight is 259 g/mol. The van der Waals surface area contributed by atoms with Crippen LogP contribution in [0.25, 0.3) is 11.3 Å². The van der Waals surface area contributed by atoms with Gasteiger partial charge in [0.15, 0.2) is 11.5 Å². The Labute approximate surface area is 109 Å². The van der Waals surface area contributed by atoms with Gasteiger partial charge in [-0.2, -0.15) is 5.10 Å². The van der Waals surface area contributed by atoms with Crippen molar-refractivity contribution in [2.24, 2.45) is 12.8 Å². The van der Waals surface area contributed by atoms with E-state index in [0.29, 0.717) is 22.8 Å². The number of ether oxygens (including phenoxy) is 2. The second-order valence-corrected chi connectivity index (χ2v) is 4.25. The summed E-state index contributed by atoms with van der Waals surface area (Å²) in [6.07, 6.45) is 0. The molecule has 3 rings (SSSR count). The number of rotatable bonds is 2. The maximum atomic E-state index is 11.6. The van der Waals surface area contributed by atoms with Gasteiger partial charge in [-0.05, 0) is 23.8 Å². The first-order valence-corrected chi connectivity index (χ1v) is 5.86. The molecule has 0 radical (unpaired) electrons. The maximum absolute atomic E-state index is 11.6. The van der Waals surface area contributed by atoms with Crippen molar-refractivity contribution in [2.75, 3.05) is 6.79 Å². The second kappa shape index (κ2) is 4.40. The van der Waals surface area contributed by atoms with E-state index in [1.54, 1.807) is 7.05 Å². The molecule has 0 amide bonds. The number of nitrogens with two attached hydrogens (primary N) is 1. The van der Waals surface area contributed by atoms with Crippen LogP contribution in [0.2, 0.25) is 0 Å². The third-order valence-electron chi connectivity index (χ3n) is 3.04. The predicted octanol–water partition coefficient (Wildman–Crippen LogP) is 0.635. The summed E-state index contributed by atoms with van der Waals surface area (Å²) < 4.78 is 11.9. The summed E-state index contributed by atoms with van der Waals surface area (Å²) in [6.45, 7) is 0.482. The molecule has 98 valence electrons. The minimum absolute atomic E-state index is 0.176. The Balaban J connectivity index is 2.16. The molecule has 0 fully saturated rings. The Morgan fingerprint density at radius 1 is 1.32 bits per heavy atom. The van der Waals surface area contributed by atoms with Crippen molar-refractivity contribution in [3.05, 3.63) is 40.2 Å². The molecule has 19 heavy (non-hydrogen) atoms. The normalized spacial score (nSPS) is 12.7. The van der Waals surface area contributed by atoms with Crippen molar-refractivity contribution in [1.29, 1.82) is 0 Å². The molecule has 1 aromatic carbocycles. The molecule has 6 nitrogen and oxygen atoms in total. The van der Waals surface area contributed by atoms with Crippen LogP contribution in [0.1, 0.15) is 5.56 Å². The van der Waals surface area contributed by atoms with Gasteiger partial charge in [-0.15, -0.1) is 0 Å². The maximum Gasteiger partial charge on any atom is 0.266 e. The highest BCUT2D eigenvalue weighted by Crippen LogP contribution is 2.35. The highest BCUT2D eigenvalue weighted by Gasteiger charge is 2.16. The van der Waals surface area contributed by atoms with Gasteiger partial charge in [-0.3, -0.25) is 4.79 Å². The molecule has 0 bridgehead atoms. The molecule has 0 unspecified atom stereocenters. The molecule has 2 aromatic rings. The van der Waals surface area contributed by atoms with E-state index in [9.17, 15) is 4.79 Å². The van der Waals surface area contributed by atoms with Crippen molar-refractivity contribution in [3.8, 4) is 22.8 Å². The molecular weight excluding hydrogens is 246 g/mol. The molecule has 1 aliphatic heterocycles. The third kappa shape index (κ3) is 1.96. The Morgan fingerprint density at radius 2 is 2.11 bits per heavy atom. The Kier molecular flexibility index (Phi) is 2.72. The van der Waals surface area contributed by atoms with E-state index in [2.05, 4.69) is 5.10 Å². The number of aromatic nitrogens is 2. The molecule has 0 spiro atoms. The number of aryl methyl sites for hydroxylation is 1. The van der Waals surface area contributed by atoms with E-state index in [4.69, 9.17) is 15.2 Å². The van der Waals surface area contributed by atoms with Gasteiger partial charge in [0.2, 0.25) is 6.79 Å². The Bertz CT molecular complexity index is 694. The third-order valence-corrected chi connectivity index (χ3v) is 3.04. The van der Waals surface area contributed by atoms with Crippen LogP contribution in [0.3, 0.4) is 0 Å². The van der Waals surface area contributed by atoms with Crippen molar-refractivity contribution >= 4 is 0 Å². The summed E-state index contributed by atoms with van der Waals surface area (Å²) in [5.41, 5.74) is 7.74. The number of hydrogen-bond acceptors (Lipinski definition) is 5. The monoisotopic (exact) mass is 259 g/mol. The van der Waals surface area contributed by atoms with Gasteiger partial charge in [-0.1, -0.05) is 0 Å². The summed E-state index contributed by atoms with van der Waals surface area (Å²) >= 11 is 0. The molecule has 1 aliphatic rings. The van der Waals surface area contributed by atoms with Gasteiger partial charge >= 0.3 is 0 Å². The Morgan fingerprint density at radius 3 is 2.89 bits per heavy atom. The van der Waals surface area contributed by atoms with Gasteiger partial charge in [0.05, 0.1) is 5.69 Å². The summed E-state index contributed by atoms with van der Waals surface area (Å²) in [6, 6.07) is 7.05. The highest BCUT2D eigenvalue weighted by molar-refractivity contribution is 5.66. The van der Waals surface area contributed by atoms with Gasteiger partial charge in [0.1, 0.15) is 0 Å². The lowest BCUT2D eigenvalue weighted by molar-refractivity contribution is 0.174. The average Bonchev–Trinajstić information content (AvgIpc) is 2.88. The molecule has 0 aliphatic carbocycles. The molecule has 0 saturated carbocycles. The fraction of sp³-hybridized carbons (Fsp3) is 0.231. The topological polar surface area (TPSA) is 79.4 Å². The van der Waals surface area contributed by atoms with Crippen molar-refractivity contribution in [2.45, 2.75) is 6.54 Å². The van der Waals surface area contributed by atoms with Crippen LogP contribution < -0.4 is 20.8 Å². The summed E-state index contributed by atoms with van der Waals surface area (Å²) in [7, 11) is 1.61. The minimum atomic E-state index is -0.176. The quantitative estimate of drug-likeness (QED) is 0.856. The van der Waals surface area contributed by atoms with E-state index in [0.717, 1.165) is 5.56 Å². The van der Waals surface area contributed by atoms with Gasteiger partial charge in [-0.25, -0.2) is 4.68 Å². The SMILES string of the molecule is Cn1nc(-c2ccc3c(c2)OCO3)c(CN)cc1=O. The number of hydrogen-bond donors (Lipinski definition) is 1. The lowest BCUT2D eigenvalue weighted by Crippen LogP contribution is -2.21. The van der Waals surface area contributed by atoms with Crippen LogP contribution >= 0.6 is 0 Å². The lowest BCUT2D eigenvalue weighted by Gasteiger charge is -2.09. The zero-order valence-corrected chi connectivity index (χ0v) is 10.4. The second-order valence-electron chi connectivity index (χ2n) is 4.25. The number of benzene rings is 1. The van der Waals surface area contributed by atoms with E-state index in [-0.39, 0.29) is 18.9 Å². The van der Waals surface area contributed by atoms with E-state index >= 15 is 0 Å². The van der Waals surface area contributed by atoms with Gasteiger partial charge in [0, 0.05) is 25.2 Å². The predicted molar refractivity (Wildman–Crippen MR) is 68.9 cm³/mol. The fourth-order valence-corrected chi connectivity index (χ4v) is 2.02. The molecule has 0 atom stereocenters. The van der Waals surface area contributed by atoms with Crippen molar-refractivity contribution in [3.63, 3.8) is 0 Å². The van der Waals surface area contributed by atoms with Crippen molar-refractivity contribution < 1.29 is 9.47 Å². The summed E-state index contributed by atoms with van der Waals surface area (Å²) in [5.74, 6) is 1.39. The largest absolute Gasteiger partial charge is 0.454 e. The van der Waals surface area contributed by atoms with Crippen LogP contribution in [-0.4, -0.2) is 16.6 Å². The van der Waals surface area contributed by atoms with Gasteiger partial charge in [0.25, 0.3) is 5.56 Å². The Hall–Kier alpha value is -2.34. The zero-order valence-electron chi connectivity index (χ0n) is 10.4. The van der Waals surface area contributed by atoms with Gasteiger partial charge < -0.3 is 15.2 Å². The van der Waals surface area contributed by atoms with Crippen LogP contribution in [0, 0.1) is 0 Å². The van der Waals surface area contributed by atoms with Crippen LogP contribution in [-0.2, 0) is 13.6 Å². The smallest absolute Gasteiger partial charge is 0.266 e.